The molecule has 4 rings (SSSR count). The Hall–Kier alpha value is -2.76. The minimum absolute atomic E-state index is 0.409. The molecule has 1 aromatic heterocycles. The van der Waals surface area contributed by atoms with Crippen LogP contribution in [0.4, 0.5) is 0 Å². The minimum atomic E-state index is 0.409. The van der Waals surface area contributed by atoms with Crippen molar-refractivity contribution in [1.29, 1.82) is 0 Å². The molecule has 0 saturated carbocycles. The van der Waals surface area contributed by atoms with Crippen LogP contribution in [0, 0.1) is 4.77 Å². The molecule has 0 aliphatic heterocycles. The van der Waals surface area contributed by atoms with E-state index in [0.717, 1.165) is 16.5 Å². The molecule has 122 valence electrons. The summed E-state index contributed by atoms with van der Waals surface area (Å²) in [6, 6.07) is 21.8. The second-order valence-corrected chi connectivity index (χ2v) is 6.29. The van der Waals surface area contributed by atoms with E-state index in [0.29, 0.717) is 15.6 Å². The van der Waals surface area contributed by atoms with Crippen LogP contribution in [-0.2, 0) is 0 Å². The number of halogens is 1. The van der Waals surface area contributed by atoms with Crippen molar-refractivity contribution in [2.24, 2.45) is 5.10 Å². The second kappa shape index (κ2) is 6.63. The Bertz CT molecular complexity index is 1140. The van der Waals surface area contributed by atoms with E-state index >= 15 is 0 Å². The summed E-state index contributed by atoms with van der Waals surface area (Å²) in [5.74, 6) is 0.577. The Morgan fingerprint density at radius 2 is 1.76 bits per heavy atom. The third-order valence-electron chi connectivity index (χ3n) is 3.86. The van der Waals surface area contributed by atoms with Gasteiger partial charge >= 0.3 is 0 Å². The predicted molar refractivity (Wildman–Crippen MR) is 105 cm³/mol. The molecule has 0 radical (unpaired) electrons. The molecule has 0 aliphatic carbocycles. The summed E-state index contributed by atoms with van der Waals surface area (Å²) in [5.41, 5.74) is 1.75. The van der Waals surface area contributed by atoms with Crippen LogP contribution in [0.3, 0.4) is 0 Å². The molecule has 0 saturated heterocycles. The molecule has 6 heteroatoms. The van der Waals surface area contributed by atoms with Crippen molar-refractivity contribution in [3.63, 3.8) is 0 Å². The van der Waals surface area contributed by atoms with Gasteiger partial charge in [-0.05, 0) is 46.8 Å². The van der Waals surface area contributed by atoms with Crippen molar-refractivity contribution in [2.75, 3.05) is 0 Å². The average molecular weight is 365 g/mol. The number of aromatic nitrogens is 3. The van der Waals surface area contributed by atoms with Gasteiger partial charge in [0.25, 0.3) is 0 Å². The van der Waals surface area contributed by atoms with Crippen LogP contribution >= 0.6 is 23.8 Å². The number of H-pyrrole nitrogens is 1. The molecule has 0 atom stereocenters. The van der Waals surface area contributed by atoms with Crippen LogP contribution in [0.5, 0.6) is 0 Å². The Morgan fingerprint density at radius 3 is 2.60 bits per heavy atom. The fraction of sp³-hybridized carbons (Fsp3) is 0. The van der Waals surface area contributed by atoms with E-state index in [1.807, 2.05) is 42.5 Å². The highest BCUT2D eigenvalue weighted by atomic mass is 35.5. The molecular formula is C19H13ClN4S. The van der Waals surface area contributed by atoms with Crippen molar-refractivity contribution in [3.05, 3.63) is 82.1 Å². The van der Waals surface area contributed by atoms with E-state index in [-0.39, 0.29) is 0 Å². The highest BCUT2D eigenvalue weighted by Gasteiger charge is 2.11. The molecular weight excluding hydrogens is 352 g/mol. The van der Waals surface area contributed by atoms with Gasteiger partial charge in [0.15, 0.2) is 5.82 Å². The summed E-state index contributed by atoms with van der Waals surface area (Å²) in [5, 5.41) is 14.5. The third kappa shape index (κ3) is 3.12. The van der Waals surface area contributed by atoms with Gasteiger partial charge in [0, 0.05) is 5.56 Å². The van der Waals surface area contributed by atoms with E-state index in [4.69, 9.17) is 23.8 Å². The maximum absolute atomic E-state index is 6.27. The molecule has 0 spiro atoms. The number of benzene rings is 3. The second-order valence-electron chi connectivity index (χ2n) is 5.50. The maximum Gasteiger partial charge on any atom is 0.216 e. The molecule has 1 N–H and O–H groups in total. The van der Waals surface area contributed by atoms with E-state index < -0.39 is 0 Å². The van der Waals surface area contributed by atoms with Crippen LogP contribution in [0.15, 0.2) is 71.8 Å². The first kappa shape index (κ1) is 15.7. The molecule has 0 amide bonds. The van der Waals surface area contributed by atoms with Crippen molar-refractivity contribution >= 4 is 40.8 Å². The lowest BCUT2D eigenvalue weighted by atomic mass is 10.1. The molecule has 0 fully saturated rings. The van der Waals surface area contributed by atoms with E-state index in [1.165, 1.54) is 5.39 Å². The number of hydrogen-bond acceptors (Lipinski definition) is 3. The average Bonchev–Trinajstić information content (AvgIpc) is 3.00. The molecule has 4 aromatic rings. The SMILES string of the molecule is S=c1[nH]nc(-c2ccccc2Cl)n1/N=C\c1ccc2ccccc2c1. The molecule has 0 bridgehead atoms. The summed E-state index contributed by atoms with van der Waals surface area (Å²) in [6.45, 7) is 0. The zero-order chi connectivity index (χ0) is 17.2. The van der Waals surface area contributed by atoms with Crippen molar-refractivity contribution in [2.45, 2.75) is 0 Å². The Kier molecular flexibility index (Phi) is 4.17. The number of aromatic amines is 1. The fourth-order valence-corrected chi connectivity index (χ4v) is 3.03. The lowest BCUT2D eigenvalue weighted by Gasteiger charge is -2.03. The summed E-state index contributed by atoms with van der Waals surface area (Å²) >= 11 is 11.6. The third-order valence-corrected chi connectivity index (χ3v) is 4.45. The quantitative estimate of drug-likeness (QED) is 0.396. The van der Waals surface area contributed by atoms with Gasteiger partial charge in [-0.1, -0.05) is 60.1 Å². The maximum atomic E-state index is 6.27. The standard InChI is InChI=1S/C19H13ClN4S/c20-17-8-4-3-7-16(17)18-22-23-19(25)24(18)21-12-13-9-10-14-5-1-2-6-15(14)11-13/h1-12H,(H,23,25)/b21-12-. The zero-order valence-electron chi connectivity index (χ0n) is 13.1. The molecule has 25 heavy (non-hydrogen) atoms. The number of fused-ring (bicyclic) bond motifs is 1. The first-order valence-corrected chi connectivity index (χ1v) is 8.46. The van der Waals surface area contributed by atoms with Crippen LogP contribution < -0.4 is 0 Å². The highest BCUT2D eigenvalue weighted by Crippen LogP contribution is 2.26. The van der Waals surface area contributed by atoms with Gasteiger partial charge in [-0.15, -0.1) is 0 Å². The minimum Gasteiger partial charge on any atom is -0.250 e. The van der Waals surface area contributed by atoms with E-state index in [9.17, 15) is 0 Å². The van der Waals surface area contributed by atoms with Gasteiger partial charge in [0.1, 0.15) is 0 Å². The van der Waals surface area contributed by atoms with Crippen LogP contribution in [0.1, 0.15) is 5.56 Å². The molecule has 1 heterocycles. The van der Waals surface area contributed by atoms with Gasteiger partial charge in [-0.25, -0.2) is 5.10 Å². The summed E-state index contributed by atoms with van der Waals surface area (Å²) in [6.07, 6.45) is 1.76. The number of hydrogen-bond donors (Lipinski definition) is 1. The Labute approximate surface area is 154 Å². The summed E-state index contributed by atoms with van der Waals surface area (Å²) in [7, 11) is 0. The summed E-state index contributed by atoms with van der Waals surface area (Å²) in [4.78, 5) is 0. The normalized spacial score (nSPS) is 11.4. The van der Waals surface area contributed by atoms with Crippen LogP contribution in [-0.4, -0.2) is 21.1 Å². The molecule has 0 aliphatic rings. The number of nitrogens with one attached hydrogen (secondary N) is 1. The molecule has 3 aromatic carbocycles. The van der Waals surface area contributed by atoms with Gasteiger partial charge < -0.3 is 0 Å². The molecule has 4 nitrogen and oxygen atoms in total. The fourth-order valence-electron chi connectivity index (χ4n) is 2.63. The summed E-state index contributed by atoms with van der Waals surface area (Å²) < 4.78 is 1.98. The largest absolute Gasteiger partial charge is 0.250 e. The van der Waals surface area contributed by atoms with Crippen molar-refractivity contribution in [3.8, 4) is 11.4 Å². The first-order chi connectivity index (χ1) is 12.2. The van der Waals surface area contributed by atoms with Crippen molar-refractivity contribution in [1.82, 2.24) is 14.9 Å². The lowest BCUT2D eigenvalue weighted by Crippen LogP contribution is -1.95. The predicted octanol–water partition coefficient (Wildman–Crippen LogP) is 5.30. The highest BCUT2D eigenvalue weighted by molar-refractivity contribution is 7.71. The Morgan fingerprint density at radius 1 is 1.00 bits per heavy atom. The van der Waals surface area contributed by atoms with Crippen molar-refractivity contribution < 1.29 is 0 Å². The van der Waals surface area contributed by atoms with Gasteiger partial charge in [0.2, 0.25) is 4.77 Å². The Balaban J connectivity index is 1.75. The first-order valence-electron chi connectivity index (χ1n) is 7.68. The zero-order valence-corrected chi connectivity index (χ0v) is 14.6. The smallest absolute Gasteiger partial charge is 0.216 e. The topological polar surface area (TPSA) is 46.0 Å². The van der Waals surface area contributed by atoms with E-state index in [2.05, 4.69) is 39.6 Å². The van der Waals surface area contributed by atoms with E-state index in [1.54, 1.807) is 10.9 Å². The lowest BCUT2D eigenvalue weighted by molar-refractivity contribution is 0.871. The van der Waals surface area contributed by atoms with Gasteiger partial charge in [-0.2, -0.15) is 14.9 Å². The van der Waals surface area contributed by atoms with Gasteiger partial charge in [0.05, 0.1) is 11.2 Å². The van der Waals surface area contributed by atoms with Crippen LogP contribution in [0.2, 0.25) is 5.02 Å². The molecule has 0 unspecified atom stereocenters. The number of nitrogens with zero attached hydrogens (tertiary/aromatic N) is 3. The van der Waals surface area contributed by atoms with Gasteiger partial charge in [-0.3, -0.25) is 0 Å². The monoisotopic (exact) mass is 364 g/mol. The van der Waals surface area contributed by atoms with Crippen LogP contribution in [0.25, 0.3) is 22.2 Å². The number of rotatable bonds is 3.